The maximum absolute atomic E-state index is 11.7. The summed E-state index contributed by atoms with van der Waals surface area (Å²) in [5, 5.41) is 0. The minimum absolute atomic E-state index is 0.178. The molecule has 4 nitrogen and oxygen atoms in total. The molecule has 2 aromatic rings. The highest BCUT2D eigenvalue weighted by Crippen LogP contribution is 2.34. The fourth-order valence-corrected chi connectivity index (χ4v) is 2.71. The zero-order chi connectivity index (χ0) is 16.8. The highest BCUT2D eigenvalue weighted by atomic mass is 79.9. The molecular formula is C18H17BrO4. The van der Waals surface area contributed by atoms with Crippen molar-refractivity contribution in [1.82, 2.24) is 0 Å². The molecule has 5 heteroatoms. The van der Waals surface area contributed by atoms with E-state index in [9.17, 15) is 9.59 Å². The summed E-state index contributed by atoms with van der Waals surface area (Å²) in [5.41, 5.74) is 2.87. The topological polar surface area (TPSA) is 52.6 Å². The van der Waals surface area contributed by atoms with Crippen LogP contribution in [0.15, 0.2) is 40.9 Å². The highest BCUT2D eigenvalue weighted by Gasteiger charge is 2.13. The van der Waals surface area contributed by atoms with E-state index in [0.717, 1.165) is 27.4 Å². The molecule has 2 rings (SSSR count). The Morgan fingerprint density at radius 2 is 1.96 bits per heavy atom. The van der Waals surface area contributed by atoms with Crippen LogP contribution in [-0.2, 0) is 16.0 Å². The minimum atomic E-state index is -0.282. The fraction of sp³-hybridized carbons (Fsp3) is 0.222. The lowest BCUT2D eigenvalue weighted by Gasteiger charge is -2.13. The van der Waals surface area contributed by atoms with Crippen molar-refractivity contribution in [3.05, 3.63) is 52.0 Å². The lowest BCUT2D eigenvalue weighted by Crippen LogP contribution is -2.07. The zero-order valence-electron chi connectivity index (χ0n) is 13.0. The number of esters is 1. The van der Waals surface area contributed by atoms with Gasteiger partial charge in [0.1, 0.15) is 5.75 Å². The van der Waals surface area contributed by atoms with Crippen LogP contribution in [0.4, 0.5) is 0 Å². The summed E-state index contributed by atoms with van der Waals surface area (Å²) in [6.45, 7) is 2.12. The first-order chi connectivity index (χ1) is 11.1. The number of methoxy groups -OCH3 is 1. The Balaban J connectivity index is 2.48. The molecule has 0 N–H and O–H groups in total. The summed E-state index contributed by atoms with van der Waals surface area (Å²) in [6, 6.07) is 10.9. The van der Waals surface area contributed by atoms with Gasteiger partial charge >= 0.3 is 5.97 Å². The Bertz CT molecular complexity index is 725. The van der Waals surface area contributed by atoms with Gasteiger partial charge in [-0.3, -0.25) is 9.59 Å². The van der Waals surface area contributed by atoms with E-state index in [1.54, 1.807) is 26.2 Å². The first-order valence-electron chi connectivity index (χ1n) is 7.16. The number of ether oxygens (including phenoxy) is 2. The van der Waals surface area contributed by atoms with Gasteiger partial charge in [-0.25, -0.2) is 0 Å². The molecule has 0 saturated heterocycles. The van der Waals surface area contributed by atoms with E-state index in [1.807, 2.05) is 24.3 Å². The van der Waals surface area contributed by atoms with Crippen molar-refractivity contribution in [1.29, 1.82) is 0 Å². The molecule has 2 aromatic carbocycles. The number of carbonyl (C=O) groups excluding carboxylic acids is 2. The maximum Gasteiger partial charge on any atom is 0.310 e. The molecule has 120 valence electrons. The van der Waals surface area contributed by atoms with Gasteiger partial charge in [-0.15, -0.1) is 0 Å². The van der Waals surface area contributed by atoms with Crippen LogP contribution in [-0.4, -0.2) is 26.0 Å². The Labute approximate surface area is 143 Å². The van der Waals surface area contributed by atoms with Gasteiger partial charge in [0.2, 0.25) is 0 Å². The van der Waals surface area contributed by atoms with E-state index in [0.29, 0.717) is 17.9 Å². The molecule has 0 heterocycles. The van der Waals surface area contributed by atoms with Crippen molar-refractivity contribution in [3.8, 4) is 16.9 Å². The molecule has 0 aliphatic carbocycles. The third-order valence-electron chi connectivity index (χ3n) is 3.35. The van der Waals surface area contributed by atoms with Crippen LogP contribution >= 0.6 is 15.9 Å². The molecule has 23 heavy (non-hydrogen) atoms. The molecule has 0 bridgehead atoms. The number of carbonyl (C=O) groups is 2. The number of hydrogen-bond donors (Lipinski definition) is 0. The zero-order valence-corrected chi connectivity index (χ0v) is 14.6. The molecular weight excluding hydrogens is 360 g/mol. The number of aldehydes is 1. The lowest BCUT2D eigenvalue weighted by atomic mass is 9.97. The van der Waals surface area contributed by atoms with Gasteiger partial charge in [-0.1, -0.05) is 28.1 Å². The van der Waals surface area contributed by atoms with Gasteiger partial charge in [0.05, 0.1) is 20.1 Å². The van der Waals surface area contributed by atoms with Crippen LogP contribution in [0.5, 0.6) is 5.75 Å². The molecule has 0 amide bonds. The summed E-state index contributed by atoms with van der Waals surface area (Å²) >= 11 is 3.36. The summed E-state index contributed by atoms with van der Waals surface area (Å²) in [6.07, 6.45) is 0.981. The van der Waals surface area contributed by atoms with Gasteiger partial charge in [0, 0.05) is 15.6 Å². The fourth-order valence-electron chi connectivity index (χ4n) is 2.33. The van der Waals surface area contributed by atoms with Crippen LogP contribution in [0, 0.1) is 0 Å². The second kappa shape index (κ2) is 7.92. The average Bonchev–Trinajstić information content (AvgIpc) is 2.54. The predicted octanol–water partition coefficient (Wildman–Crippen LogP) is 4.04. The van der Waals surface area contributed by atoms with Crippen molar-refractivity contribution >= 4 is 28.2 Å². The number of rotatable bonds is 6. The van der Waals surface area contributed by atoms with Gasteiger partial charge in [0.25, 0.3) is 0 Å². The van der Waals surface area contributed by atoms with Gasteiger partial charge in [-0.2, -0.15) is 0 Å². The average molecular weight is 377 g/mol. The van der Waals surface area contributed by atoms with Crippen LogP contribution in [0.1, 0.15) is 22.8 Å². The number of hydrogen-bond acceptors (Lipinski definition) is 4. The molecule has 0 saturated carbocycles. The molecule has 0 unspecified atom stereocenters. The summed E-state index contributed by atoms with van der Waals surface area (Å²) in [7, 11) is 1.57. The van der Waals surface area contributed by atoms with Crippen molar-refractivity contribution in [2.75, 3.05) is 13.7 Å². The van der Waals surface area contributed by atoms with Crippen LogP contribution in [0.2, 0.25) is 0 Å². The molecule has 0 fully saturated rings. The SMILES string of the molecule is CCOC(=O)Cc1ccc(OC)c(-c2ccc(Br)cc2C=O)c1. The quantitative estimate of drug-likeness (QED) is 0.563. The van der Waals surface area contributed by atoms with Gasteiger partial charge in [-0.05, 0) is 42.3 Å². The highest BCUT2D eigenvalue weighted by molar-refractivity contribution is 9.10. The molecule has 0 aromatic heterocycles. The maximum atomic E-state index is 11.7. The standard InChI is InChI=1S/C18H17BrO4/c1-3-23-18(21)9-12-4-7-17(22-2)16(8-12)15-6-5-14(19)10-13(15)11-20/h4-8,10-11H,3,9H2,1-2H3. The van der Waals surface area contributed by atoms with E-state index in [4.69, 9.17) is 9.47 Å². The van der Waals surface area contributed by atoms with Crippen LogP contribution in [0.25, 0.3) is 11.1 Å². The van der Waals surface area contributed by atoms with Crippen molar-refractivity contribution in [2.24, 2.45) is 0 Å². The van der Waals surface area contributed by atoms with Crippen molar-refractivity contribution in [3.63, 3.8) is 0 Å². The molecule has 0 aliphatic heterocycles. The monoisotopic (exact) mass is 376 g/mol. The Morgan fingerprint density at radius 3 is 2.61 bits per heavy atom. The van der Waals surface area contributed by atoms with Gasteiger partial charge in [0.15, 0.2) is 6.29 Å². The van der Waals surface area contributed by atoms with Crippen molar-refractivity contribution in [2.45, 2.75) is 13.3 Å². The van der Waals surface area contributed by atoms with E-state index >= 15 is 0 Å². The lowest BCUT2D eigenvalue weighted by molar-refractivity contribution is -0.142. The first kappa shape index (κ1) is 17.2. The predicted molar refractivity (Wildman–Crippen MR) is 91.9 cm³/mol. The summed E-state index contributed by atoms with van der Waals surface area (Å²) < 4.78 is 11.2. The van der Waals surface area contributed by atoms with Crippen molar-refractivity contribution < 1.29 is 19.1 Å². The van der Waals surface area contributed by atoms with E-state index < -0.39 is 0 Å². The Kier molecular flexibility index (Phi) is 5.93. The Hall–Kier alpha value is -2.14. The van der Waals surface area contributed by atoms with E-state index in [-0.39, 0.29) is 12.4 Å². The van der Waals surface area contributed by atoms with E-state index in [2.05, 4.69) is 15.9 Å². The normalized spacial score (nSPS) is 10.2. The molecule has 0 aliphatic rings. The first-order valence-corrected chi connectivity index (χ1v) is 7.96. The third-order valence-corrected chi connectivity index (χ3v) is 3.84. The minimum Gasteiger partial charge on any atom is -0.496 e. The third kappa shape index (κ3) is 4.20. The summed E-state index contributed by atoms with van der Waals surface area (Å²) in [5.74, 6) is 0.359. The van der Waals surface area contributed by atoms with Crippen LogP contribution < -0.4 is 4.74 Å². The second-order valence-electron chi connectivity index (χ2n) is 4.87. The van der Waals surface area contributed by atoms with E-state index in [1.165, 1.54) is 0 Å². The number of benzene rings is 2. The Morgan fingerprint density at radius 1 is 1.17 bits per heavy atom. The largest absolute Gasteiger partial charge is 0.496 e. The van der Waals surface area contributed by atoms with Gasteiger partial charge < -0.3 is 9.47 Å². The molecule has 0 atom stereocenters. The van der Waals surface area contributed by atoms with Crippen LogP contribution in [0.3, 0.4) is 0 Å². The molecule has 0 radical (unpaired) electrons. The summed E-state index contributed by atoms with van der Waals surface area (Å²) in [4.78, 5) is 23.0. The second-order valence-corrected chi connectivity index (χ2v) is 5.78. The molecule has 0 spiro atoms. The smallest absolute Gasteiger partial charge is 0.310 e. The number of halogens is 1.